The number of rotatable bonds is 7. The van der Waals surface area contributed by atoms with Crippen molar-refractivity contribution in [1.82, 2.24) is 10.0 Å². The van der Waals surface area contributed by atoms with Crippen molar-refractivity contribution in [2.45, 2.75) is 26.4 Å². The summed E-state index contributed by atoms with van der Waals surface area (Å²) in [4.78, 5) is 1.03. The highest BCUT2D eigenvalue weighted by Crippen LogP contribution is 2.07. The fourth-order valence-electron chi connectivity index (χ4n) is 1.15. The summed E-state index contributed by atoms with van der Waals surface area (Å²) >= 11 is 1.55. The lowest BCUT2D eigenvalue weighted by Crippen LogP contribution is -2.34. The third-order valence-electron chi connectivity index (χ3n) is 1.97. The van der Waals surface area contributed by atoms with Crippen molar-refractivity contribution in [3.63, 3.8) is 0 Å². The van der Waals surface area contributed by atoms with Gasteiger partial charge in [0.25, 0.3) is 0 Å². The van der Waals surface area contributed by atoms with Crippen LogP contribution in [0.25, 0.3) is 0 Å². The van der Waals surface area contributed by atoms with Gasteiger partial charge in [0.15, 0.2) is 0 Å². The summed E-state index contributed by atoms with van der Waals surface area (Å²) in [5.74, 6) is 0.122. The minimum Gasteiger partial charge on any atom is -0.313 e. The van der Waals surface area contributed by atoms with Crippen LogP contribution in [0.5, 0.6) is 0 Å². The summed E-state index contributed by atoms with van der Waals surface area (Å²) in [6.45, 7) is 4.86. The van der Waals surface area contributed by atoms with E-state index in [-0.39, 0.29) is 5.75 Å². The van der Waals surface area contributed by atoms with E-state index in [0.29, 0.717) is 19.1 Å². The van der Waals surface area contributed by atoms with Gasteiger partial charge in [-0.3, -0.25) is 0 Å². The molecule has 0 fully saturated rings. The van der Waals surface area contributed by atoms with Crippen LogP contribution in [0.2, 0.25) is 0 Å². The summed E-state index contributed by atoms with van der Waals surface area (Å²) < 4.78 is 25.7. The standard InChI is InChI=1S/C10H18N2O2S2/c1-9(2)11-5-7-16(13,14)12-8-10-4-3-6-15-10/h3-4,6,9,11-12H,5,7-8H2,1-2H3. The molecule has 16 heavy (non-hydrogen) atoms. The molecule has 1 aromatic heterocycles. The predicted octanol–water partition coefficient (Wildman–Crippen LogP) is 1.17. The topological polar surface area (TPSA) is 58.2 Å². The maximum Gasteiger partial charge on any atom is 0.213 e. The van der Waals surface area contributed by atoms with E-state index in [1.165, 1.54) is 0 Å². The lowest BCUT2D eigenvalue weighted by atomic mass is 10.4. The molecule has 0 spiro atoms. The second-order valence-electron chi connectivity index (χ2n) is 3.83. The van der Waals surface area contributed by atoms with E-state index in [9.17, 15) is 8.42 Å². The van der Waals surface area contributed by atoms with Gasteiger partial charge in [0, 0.05) is 24.0 Å². The Hall–Kier alpha value is -0.430. The van der Waals surface area contributed by atoms with Crippen LogP contribution < -0.4 is 10.0 Å². The number of thiophene rings is 1. The van der Waals surface area contributed by atoms with Crippen LogP contribution in [0, 0.1) is 0 Å². The molecule has 0 radical (unpaired) electrons. The molecule has 92 valence electrons. The van der Waals surface area contributed by atoms with Crippen LogP contribution in [0.4, 0.5) is 0 Å². The van der Waals surface area contributed by atoms with E-state index in [4.69, 9.17) is 0 Å². The molecule has 0 aliphatic heterocycles. The van der Waals surface area contributed by atoms with Crippen molar-refractivity contribution in [3.8, 4) is 0 Å². The maximum absolute atomic E-state index is 11.6. The molecule has 2 N–H and O–H groups in total. The Balaban J connectivity index is 2.29. The lowest BCUT2D eigenvalue weighted by molar-refractivity contribution is 0.567. The molecule has 0 saturated carbocycles. The second-order valence-corrected chi connectivity index (χ2v) is 6.79. The van der Waals surface area contributed by atoms with Crippen molar-refractivity contribution in [2.24, 2.45) is 0 Å². The molecule has 6 heteroatoms. The molecule has 0 amide bonds. The smallest absolute Gasteiger partial charge is 0.213 e. The van der Waals surface area contributed by atoms with Crippen LogP contribution in [-0.2, 0) is 16.6 Å². The van der Waals surface area contributed by atoms with Gasteiger partial charge in [-0.15, -0.1) is 11.3 Å². The number of hydrogen-bond donors (Lipinski definition) is 2. The van der Waals surface area contributed by atoms with E-state index >= 15 is 0 Å². The minimum atomic E-state index is -3.16. The zero-order valence-electron chi connectivity index (χ0n) is 9.56. The van der Waals surface area contributed by atoms with Crippen molar-refractivity contribution in [3.05, 3.63) is 22.4 Å². The van der Waals surface area contributed by atoms with Crippen LogP contribution >= 0.6 is 11.3 Å². The molecular weight excluding hydrogens is 244 g/mol. The third kappa shape index (κ3) is 5.60. The zero-order chi connectivity index (χ0) is 12.0. The van der Waals surface area contributed by atoms with E-state index in [0.717, 1.165) is 4.88 Å². The van der Waals surface area contributed by atoms with Crippen molar-refractivity contribution >= 4 is 21.4 Å². The quantitative estimate of drug-likeness (QED) is 0.775. The minimum absolute atomic E-state index is 0.122. The van der Waals surface area contributed by atoms with Gasteiger partial charge < -0.3 is 5.32 Å². The Labute approximate surface area is 101 Å². The highest BCUT2D eigenvalue weighted by Gasteiger charge is 2.09. The Morgan fingerprint density at radius 1 is 1.44 bits per heavy atom. The van der Waals surface area contributed by atoms with Gasteiger partial charge in [0.1, 0.15) is 0 Å². The molecule has 0 aliphatic carbocycles. The maximum atomic E-state index is 11.6. The highest BCUT2D eigenvalue weighted by molar-refractivity contribution is 7.89. The average molecular weight is 262 g/mol. The predicted molar refractivity (Wildman–Crippen MR) is 68.1 cm³/mol. The molecule has 1 aromatic rings. The Morgan fingerprint density at radius 3 is 2.75 bits per heavy atom. The molecule has 4 nitrogen and oxygen atoms in total. The van der Waals surface area contributed by atoms with Gasteiger partial charge in [-0.1, -0.05) is 19.9 Å². The largest absolute Gasteiger partial charge is 0.313 e. The van der Waals surface area contributed by atoms with Crippen LogP contribution in [-0.4, -0.2) is 26.8 Å². The average Bonchev–Trinajstić information content (AvgIpc) is 2.66. The first-order valence-corrected chi connectivity index (χ1v) is 7.76. The summed E-state index contributed by atoms with van der Waals surface area (Å²) in [6, 6.07) is 4.14. The molecule has 0 atom stereocenters. The van der Waals surface area contributed by atoms with Gasteiger partial charge in [0.05, 0.1) is 5.75 Å². The number of nitrogens with one attached hydrogen (secondary N) is 2. The molecule has 1 rings (SSSR count). The lowest BCUT2D eigenvalue weighted by Gasteiger charge is -2.09. The molecule has 0 aliphatic rings. The Kier molecular flexibility index (Phi) is 5.40. The first-order valence-electron chi connectivity index (χ1n) is 5.23. The summed E-state index contributed by atoms with van der Waals surface area (Å²) in [6.07, 6.45) is 0. The van der Waals surface area contributed by atoms with Crippen LogP contribution in [0.1, 0.15) is 18.7 Å². The second kappa shape index (κ2) is 6.34. The first kappa shape index (κ1) is 13.6. The Morgan fingerprint density at radius 2 is 2.19 bits per heavy atom. The molecule has 0 bridgehead atoms. The number of hydrogen-bond acceptors (Lipinski definition) is 4. The third-order valence-corrected chi connectivity index (χ3v) is 4.17. The molecule has 0 unspecified atom stereocenters. The SMILES string of the molecule is CC(C)NCCS(=O)(=O)NCc1cccs1. The van der Waals surface area contributed by atoms with E-state index in [2.05, 4.69) is 10.0 Å². The van der Waals surface area contributed by atoms with Crippen molar-refractivity contribution in [1.29, 1.82) is 0 Å². The molecule has 1 heterocycles. The number of sulfonamides is 1. The summed E-state index contributed by atoms with van der Waals surface area (Å²) in [5.41, 5.74) is 0. The molecule has 0 aromatic carbocycles. The zero-order valence-corrected chi connectivity index (χ0v) is 11.2. The monoisotopic (exact) mass is 262 g/mol. The van der Waals surface area contributed by atoms with Gasteiger partial charge in [-0.2, -0.15) is 0 Å². The summed E-state index contributed by atoms with van der Waals surface area (Å²) in [7, 11) is -3.16. The van der Waals surface area contributed by atoms with Crippen molar-refractivity contribution in [2.75, 3.05) is 12.3 Å². The van der Waals surface area contributed by atoms with Gasteiger partial charge in [0.2, 0.25) is 10.0 Å². The fourth-order valence-corrected chi connectivity index (χ4v) is 2.79. The molecule has 0 saturated heterocycles. The first-order chi connectivity index (χ1) is 7.49. The van der Waals surface area contributed by atoms with Gasteiger partial charge >= 0.3 is 0 Å². The van der Waals surface area contributed by atoms with E-state index in [1.807, 2.05) is 31.4 Å². The van der Waals surface area contributed by atoms with Crippen LogP contribution in [0.15, 0.2) is 17.5 Å². The van der Waals surface area contributed by atoms with Crippen molar-refractivity contribution < 1.29 is 8.42 Å². The van der Waals surface area contributed by atoms with Gasteiger partial charge in [-0.25, -0.2) is 13.1 Å². The molecular formula is C10H18N2O2S2. The Bertz CT molecular complexity index is 385. The highest BCUT2D eigenvalue weighted by atomic mass is 32.2. The van der Waals surface area contributed by atoms with Crippen LogP contribution in [0.3, 0.4) is 0 Å². The van der Waals surface area contributed by atoms with E-state index in [1.54, 1.807) is 11.3 Å². The summed E-state index contributed by atoms with van der Waals surface area (Å²) in [5, 5.41) is 5.01. The van der Waals surface area contributed by atoms with Gasteiger partial charge in [-0.05, 0) is 11.4 Å². The fraction of sp³-hybridized carbons (Fsp3) is 0.600. The normalized spacial score (nSPS) is 12.2. The van der Waals surface area contributed by atoms with E-state index < -0.39 is 10.0 Å².